The minimum atomic E-state index is -0.432. The van der Waals surface area contributed by atoms with Crippen molar-refractivity contribution in [1.82, 2.24) is 10.1 Å². The van der Waals surface area contributed by atoms with Crippen LogP contribution in [0.5, 0.6) is 5.75 Å². The molecule has 1 aliphatic heterocycles. The average molecular weight is 399 g/mol. The van der Waals surface area contributed by atoms with Gasteiger partial charge in [0.05, 0.1) is 11.1 Å². The first-order valence-corrected chi connectivity index (χ1v) is 8.20. The zero-order valence-electron chi connectivity index (χ0n) is 12.4. The third kappa shape index (κ3) is 3.03. The van der Waals surface area contributed by atoms with Crippen molar-refractivity contribution in [3.8, 4) is 5.75 Å². The molecule has 2 aromatic rings. The second kappa shape index (κ2) is 6.26. The average Bonchev–Trinajstić information content (AvgIpc) is 3.16. The minimum Gasteiger partial charge on any atom is -0.488 e. The van der Waals surface area contributed by atoms with Crippen molar-refractivity contribution in [2.75, 3.05) is 6.61 Å². The zero-order chi connectivity index (χ0) is 15.2. The van der Waals surface area contributed by atoms with E-state index >= 15 is 0 Å². The molecule has 0 saturated heterocycles. The lowest BCUT2D eigenvalue weighted by Crippen LogP contribution is -2.34. The molecule has 2 aliphatic rings. The van der Waals surface area contributed by atoms with E-state index < -0.39 is 5.54 Å². The zero-order valence-corrected chi connectivity index (χ0v) is 14.8. The van der Waals surface area contributed by atoms with Gasteiger partial charge in [0.15, 0.2) is 5.82 Å². The van der Waals surface area contributed by atoms with E-state index in [0.717, 1.165) is 47.0 Å². The van der Waals surface area contributed by atoms with Crippen LogP contribution in [0.3, 0.4) is 0 Å². The lowest BCUT2D eigenvalue weighted by atomic mass is 9.98. The van der Waals surface area contributed by atoms with E-state index in [1.165, 1.54) is 0 Å². The molecule has 0 spiro atoms. The summed E-state index contributed by atoms with van der Waals surface area (Å²) in [5.74, 6) is 1.97. The van der Waals surface area contributed by atoms with Gasteiger partial charge in [-0.05, 0) is 37.1 Å². The Hall–Kier alpha value is -1.37. The van der Waals surface area contributed by atoms with Crippen LogP contribution in [0.25, 0.3) is 11.6 Å². The summed E-state index contributed by atoms with van der Waals surface area (Å²) in [5.41, 5.74) is 7.83. The van der Waals surface area contributed by atoms with Gasteiger partial charge in [0, 0.05) is 10.0 Å². The van der Waals surface area contributed by atoms with E-state index in [2.05, 4.69) is 26.1 Å². The summed E-state index contributed by atoms with van der Waals surface area (Å²) in [7, 11) is 0. The number of hydrogen-bond acceptors (Lipinski definition) is 5. The van der Waals surface area contributed by atoms with Gasteiger partial charge in [-0.25, -0.2) is 0 Å². The van der Waals surface area contributed by atoms with Crippen LogP contribution in [0.4, 0.5) is 0 Å². The molecule has 1 saturated carbocycles. The van der Waals surface area contributed by atoms with Crippen molar-refractivity contribution in [2.45, 2.75) is 31.2 Å². The number of benzene rings is 1. The van der Waals surface area contributed by atoms with Gasteiger partial charge in [-0.2, -0.15) is 4.98 Å². The van der Waals surface area contributed by atoms with Crippen molar-refractivity contribution in [3.63, 3.8) is 0 Å². The molecule has 1 aromatic carbocycles. The summed E-state index contributed by atoms with van der Waals surface area (Å²) in [6, 6.07) is 5.91. The van der Waals surface area contributed by atoms with Crippen molar-refractivity contribution < 1.29 is 9.26 Å². The summed E-state index contributed by atoms with van der Waals surface area (Å²) in [6.45, 7) is 0.424. The largest absolute Gasteiger partial charge is 0.488 e. The van der Waals surface area contributed by atoms with Gasteiger partial charge in [-0.3, -0.25) is 0 Å². The highest BCUT2D eigenvalue weighted by Gasteiger charge is 2.36. The monoisotopic (exact) mass is 397 g/mol. The van der Waals surface area contributed by atoms with Crippen LogP contribution >= 0.6 is 28.3 Å². The molecule has 23 heavy (non-hydrogen) atoms. The Bertz CT molecular complexity index is 754. The maximum Gasteiger partial charge on any atom is 0.257 e. The predicted molar refractivity (Wildman–Crippen MR) is 93.4 cm³/mol. The third-order valence-corrected chi connectivity index (χ3v) is 4.82. The van der Waals surface area contributed by atoms with Crippen molar-refractivity contribution in [2.24, 2.45) is 5.73 Å². The van der Waals surface area contributed by atoms with E-state index in [9.17, 15) is 0 Å². The van der Waals surface area contributed by atoms with Crippen LogP contribution in [0.2, 0.25) is 0 Å². The van der Waals surface area contributed by atoms with Gasteiger partial charge in [0.1, 0.15) is 12.4 Å². The summed E-state index contributed by atoms with van der Waals surface area (Å²) >= 11 is 3.47. The molecule has 1 aliphatic carbocycles. The number of ether oxygens (including phenoxy) is 1. The fraction of sp³-hybridized carbons (Fsp3) is 0.375. The van der Waals surface area contributed by atoms with Crippen LogP contribution in [0.1, 0.15) is 43.0 Å². The van der Waals surface area contributed by atoms with Crippen LogP contribution in [-0.2, 0) is 5.54 Å². The number of nitrogens with zero attached hydrogens (tertiary/aromatic N) is 2. The van der Waals surface area contributed by atoms with E-state index in [4.69, 9.17) is 15.0 Å². The van der Waals surface area contributed by atoms with E-state index in [1.54, 1.807) is 0 Å². The summed E-state index contributed by atoms with van der Waals surface area (Å²) in [6.07, 6.45) is 6.09. The molecule has 0 unspecified atom stereocenters. The van der Waals surface area contributed by atoms with Crippen molar-refractivity contribution in [1.29, 1.82) is 0 Å². The van der Waals surface area contributed by atoms with Crippen LogP contribution in [0, 0.1) is 0 Å². The Morgan fingerprint density at radius 3 is 2.78 bits per heavy atom. The fourth-order valence-electron chi connectivity index (χ4n) is 3.06. The van der Waals surface area contributed by atoms with Crippen LogP contribution < -0.4 is 10.5 Å². The molecule has 0 radical (unpaired) electrons. The van der Waals surface area contributed by atoms with Gasteiger partial charge in [-0.1, -0.05) is 33.9 Å². The molecule has 1 aromatic heterocycles. The third-order valence-electron chi connectivity index (χ3n) is 4.33. The molecule has 0 atom stereocenters. The maximum absolute atomic E-state index is 6.38. The molecule has 4 rings (SSSR count). The molecule has 122 valence electrons. The smallest absolute Gasteiger partial charge is 0.257 e. The number of aromatic nitrogens is 2. The summed E-state index contributed by atoms with van der Waals surface area (Å²) in [4.78, 5) is 4.52. The predicted octanol–water partition coefficient (Wildman–Crippen LogP) is 3.91. The molecule has 2 N–H and O–H groups in total. The Labute approximate surface area is 148 Å². The van der Waals surface area contributed by atoms with Gasteiger partial charge in [-0.15, -0.1) is 12.4 Å². The van der Waals surface area contributed by atoms with Crippen LogP contribution in [0.15, 0.2) is 27.2 Å². The quantitative estimate of drug-likeness (QED) is 0.830. The van der Waals surface area contributed by atoms with Gasteiger partial charge >= 0.3 is 0 Å². The maximum atomic E-state index is 6.38. The molecular formula is C16H17BrClN3O2. The molecule has 7 heteroatoms. The second-order valence-corrected chi connectivity index (χ2v) is 6.84. The number of fused-ring (bicyclic) bond motifs is 1. The highest BCUT2D eigenvalue weighted by atomic mass is 79.9. The molecule has 1 fully saturated rings. The van der Waals surface area contributed by atoms with Gasteiger partial charge in [0.2, 0.25) is 0 Å². The van der Waals surface area contributed by atoms with E-state index in [1.807, 2.05) is 24.3 Å². The number of rotatable bonds is 2. The Balaban J connectivity index is 0.00000156. The second-order valence-electron chi connectivity index (χ2n) is 5.93. The minimum absolute atomic E-state index is 0. The Morgan fingerprint density at radius 1 is 1.22 bits per heavy atom. The molecular weight excluding hydrogens is 382 g/mol. The standard InChI is InChI=1S/C16H16BrN3O2.ClH/c17-12-3-4-13-10(8-12)7-11(9-21-13)14-19-15(20-22-14)16(18)5-1-2-6-16;/h3-4,7-8H,1-2,5-6,9,18H2;1H. The van der Waals surface area contributed by atoms with Gasteiger partial charge in [0.25, 0.3) is 5.89 Å². The van der Waals surface area contributed by atoms with Crippen molar-refractivity contribution >= 4 is 40.0 Å². The lowest BCUT2D eigenvalue weighted by molar-refractivity contribution is 0.343. The Morgan fingerprint density at radius 2 is 2.00 bits per heavy atom. The molecule has 2 heterocycles. The lowest BCUT2D eigenvalue weighted by Gasteiger charge is -2.18. The van der Waals surface area contributed by atoms with Gasteiger partial charge < -0.3 is 15.0 Å². The molecule has 0 bridgehead atoms. The van der Waals surface area contributed by atoms with E-state index in [-0.39, 0.29) is 12.4 Å². The summed E-state index contributed by atoms with van der Waals surface area (Å²) in [5, 5.41) is 4.10. The number of halogens is 2. The topological polar surface area (TPSA) is 74.2 Å². The number of nitrogens with two attached hydrogens (primary N) is 1. The SMILES string of the molecule is Cl.NC1(c2noc(C3=Cc4cc(Br)ccc4OC3)n2)CCCC1. The van der Waals surface area contributed by atoms with Crippen molar-refractivity contribution in [3.05, 3.63) is 40.0 Å². The highest BCUT2D eigenvalue weighted by Crippen LogP contribution is 2.36. The number of hydrogen-bond donors (Lipinski definition) is 1. The Kier molecular flexibility index (Phi) is 4.49. The first-order chi connectivity index (χ1) is 10.6. The normalized spacial score (nSPS) is 18.6. The highest BCUT2D eigenvalue weighted by molar-refractivity contribution is 9.10. The fourth-order valence-corrected chi connectivity index (χ4v) is 3.44. The molecule has 0 amide bonds. The molecule has 5 nitrogen and oxygen atoms in total. The van der Waals surface area contributed by atoms with E-state index in [0.29, 0.717) is 18.3 Å². The van der Waals surface area contributed by atoms with Crippen LogP contribution in [-0.4, -0.2) is 16.7 Å². The summed E-state index contributed by atoms with van der Waals surface area (Å²) < 4.78 is 12.2. The first-order valence-electron chi connectivity index (χ1n) is 7.40. The first kappa shape index (κ1) is 16.5.